The smallest absolute Gasteiger partial charge is 0.320 e. The van der Waals surface area contributed by atoms with E-state index in [0.29, 0.717) is 6.54 Å². The summed E-state index contributed by atoms with van der Waals surface area (Å²) in [5.41, 5.74) is 2.31. The van der Waals surface area contributed by atoms with Crippen LogP contribution in [0.5, 0.6) is 0 Å². The van der Waals surface area contributed by atoms with Crippen LogP contribution >= 0.6 is 0 Å². The van der Waals surface area contributed by atoms with Gasteiger partial charge in [0.2, 0.25) is 5.91 Å². The lowest BCUT2D eigenvalue weighted by molar-refractivity contribution is -0.124. The van der Waals surface area contributed by atoms with Gasteiger partial charge >= 0.3 is 6.03 Å². The maximum absolute atomic E-state index is 13.2. The molecule has 3 aliphatic rings. The average molecular weight is 341 g/mol. The summed E-state index contributed by atoms with van der Waals surface area (Å²) in [6.45, 7) is 5.20. The molecule has 2 unspecified atom stereocenters. The minimum absolute atomic E-state index is 0.0751. The molecule has 0 aromatic heterocycles. The van der Waals surface area contributed by atoms with Gasteiger partial charge in [-0.25, -0.2) is 4.79 Å². The number of hydrogen-bond donors (Lipinski definition) is 0. The Hall–Kier alpha value is -2.04. The van der Waals surface area contributed by atoms with Crippen molar-refractivity contribution in [3.05, 3.63) is 29.8 Å². The van der Waals surface area contributed by atoms with E-state index in [9.17, 15) is 9.59 Å². The summed E-state index contributed by atoms with van der Waals surface area (Å²) in [4.78, 5) is 31.7. The number of nitrogens with zero attached hydrogens (tertiary/aromatic N) is 3. The van der Waals surface area contributed by atoms with Crippen molar-refractivity contribution in [2.75, 3.05) is 31.1 Å². The highest BCUT2D eigenvalue weighted by Gasteiger charge is 2.38. The van der Waals surface area contributed by atoms with Crippen molar-refractivity contribution in [3.8, 4) is 0 Å². The van der Waals surface area contributed by atoms with E-state index in [1.807, 2.05) is 32.9 Å². The lowest BCUT2D eigenvalue weighted by Crippen LogP contribution is -2.51. The van der Waals surface area contributed by atoms with Gasteiger partial charge in [-0.05, 0) is 50.7 Å². The largest absolute Gasteiger partial charge is 0.325 e. The quantitative estimate of drug-likeness (QED) is 0.788. The monoisotopic (exact) mass is 341 g/mol. The van der Waals surface area contributed by atoms with Crippen molar-refractivity contribution in [3.63, 3.8) is 0 Å². The number of carbonyl (C=O) groups excluding carboxylic acids is 2. The number of piperidine rings is 1. The summed E-state index contributed by atoms with van der Waals surface area (Å²) in [5, 5.41) is 0. The van der Waals surface area contributed by atoms with Crippen molar-refractivity contribution in [1.29, 1.82) is 0 Å². The maximum atomic E-state index is 13.2. The SMILES string of the molecule is CC1Cc2ccccc2N1C(=O)C1CCCN(C(=O)N2CCCC2)C1. The lowest BCUT2D eigenvalue weighted by Gasteiger charge is -2.37. The van der Waals surface area contributed by atoms with Crippen LogP contribution in [0.1, 0.15) is 38.2 Å². The third-order valence-electron chi connectivity index (χ3n) is 5.86. The topological polar surface area (TPSA) is 43.9 Å². The molecule has 1 aromatic carbocycles. The minimum Gasteiger partial charge on any atom is -0.325 e. The molecule has 4 rings (SSSR count). The van der Waals surface area contributed by atoms with E-state index < -0.39 is 0 Å². The predicted octanol–water partition coefficient (Wildman–Crippen LogP) is 2.89. The van der Waals surface area contributed by atoms with Gasteiger partial charge in [0.15, 0.2) is 0 Å². The van der Waals surface area contributed by atoms with Crippen molar-refractivity contribution in [1.82, 2.24) is 9.80 Å². The zero-order chi connectivity index (χ0) is 17.4. The zero-order valence-electron chi connectivity index (χ0n) is 15.0. The Morgan fingerprint density at radius 1 is 1.00 bits per heavy atom. The van der Waals surface area contributed by atoms with Gasteiger partial charge in [-0.3, -0.25) is 4.79 Å². The van der Waals surface area contributed by atoms with Crippen LogP contribution in [0.4, 0.5) is 10.5 Å². The van der Waals surface area contributed by atoms with Crippen LogP contribution in [0.15, 0.2) is 24.3 Å². The van der Waals surface area contributed by atoms with E-state index in [4.69, 9.17) is 0 Å². The Bertz CT molecular complexity index is 669. The summed E-state index contributed by atoms with van der Waals surface area (Å²) in [6, 6.07) is 8.53. The second-order valence-corrected chi connectivity index (χ2v) is 7.65. The number of rotatable bonds is 1. The van der Waals surface area contributed by atoms with Crippen LogP contribution in [-0.4, -0.2) is 54.0 Å². The third kappa shape index (κ3) is 3.00. The van der Waals surface area contributed by atoms with E-state index in [0.717, 1.165) is 57.4 Å². The summed E-state index contributed by atoms with van der Waals surface area (Å²) >= 11 is 0. The molecule has 2 saturated heterocycles. The molecule has 2 atom stereocenters. The molecule has 0 saturated carbocycles. The van der Waals surface area contributed by atoms with Crippen LogP contribution in [-0.2, 0) is 11.2 Å². The maximum Gasteiger partial charge on any atom is 0.320 e. The Labute approximate surface area is 149 Å². The fourth-order valence-corrected chi connectivity index (χ4v) is 4.56. The van der Waals surface area contributed by atoms with Gasteiger partial charge in [0.05, 0.1) is 5.92 Å². The molecule has 0 N–H and O–H groups in total. The van der Waals surface area contributed by atoms with Crippen molar-refractivity contribution >= 4 is 17.6 Å². The number of fused-ring (bicyclic) bond motifs is 1. The molecule has 1 aromatic rings. The summed E-state index contributed by atoms with van der Waals surface area (Å²) in [6.07, 6.45) is 4.92. The molecule has 5 heteroatoms. The van der Waals surface area contributed by atoms with Gasteiger partial charge in [-0.2, -0.15) is 0 Å². The first kappa shape index (κ1) is 16.4. The molecular formula is C20H27N3O2. The fraction of sp³-hybridized carbons (Fsp3) is 0.600. The van der Waals surface area contributed by atoms with E-state index in [2.05, 4.69) is 13.0 Å². The van der Waals surface area contributed by atoms with E-state index in [1.54, 1.807) is 0 Å². The molecule has 25 heavy (non-hydrogen) atoms. The zero-order valence-corrected chi connectivity index (χ0v) is 15.0. The van der Waals surface area contributed by atoms with Crippen molar-refractivity contribution in [2.45, 2.75) is 45.1 Å². The predicted molar refractivity (Wildman–Crippen MR) is 97.6 cm³/mol. The van der Waals surface area contributed by atoms with Gasteiger partial charge in [0.1, 0.15) is 0 Å². The van der Waals surface area contributed by atoms with Crippen molar-refractivity contribution in [2.24, 2.45) is 5.92 Å². The Kier molecular flexibility index (Phi) is 4.40. The molecule has 0 bridgehead atoms. The normalized spacial score (nSPS) is 26.0. The van der Waals surface area contributed by atoms with Gasteiger partial charge in [0.25, 0.3) is 0 Å². The average Bonchev–Trinajstić information content (AvgIpc) is 3.27. The Morgan fingerprint density at radius 2 is 1.72 bits per heavy atom. The molecule has 3 heterocycles. The summed E-state index contributed by atoms with van der Waals surface area (Å²) < 4.78 is 0. The lowest BCUT2D eigenvalue weighted by atomic mass is 9.96. The Balaban J connectivity index is 1.48. The van der Waals surface area contributed by atoms with Crippen LogP contribution in [0.2, 0.25) is 0 Å². The number of anilines is 1. The second-order valence-electron chi connectivity index (χ2n) is 7.65. The second kappa shape index (κ2) is 6.70. The number of urea groups is 1. The number of carbonyl (C=O) groups is 2. The standard InChI is InChI=1S/C20H27N3O2/c1-15-13-16-7-2-3-9-18(16)23(15)19(24)17-8-6-12-22(14-17)20(25)21-10-4-5-11-21/h2-3,7,9,15,17H,4-6,8,10-14H2,1H3. The molecule has 0 spiro atoms. The first-order valence-corrected chi connectivity index (χ1v) is 9.60. The highest BCUT2D eigenvalue weighted by molar-refractivity contribution is 5.98. The third-order valence-corrected chi connectivity index (χ3v) is 5.86. The minimum atomic E-state index is -0.0751. The number of para-hydroxylation sites is 1. The Morgan fingerprint density at radius 3 is 2.52 bits per heavy atom. The molecule has 5 nitrogen and oxygen atoms in total. The number of hydrogen-bond acceptors (Lipinski definition) is 2. The highest BCUT2D eigenvalue weighted by Crippen LogP contribution is 2.34. The number of amides is 3. The summed E-state index contributed by atoms with van der Waals surface area (Å²) in [5.74, 6) is 0.116. The van der Waals surface area contributed by atoms with Gasteiger partial charge < -0.3 is 14.7 Å². The molecule has 134 valence electrons. The van der Waals surface area contributed by atoms with Crippen molar-refractivity contribution < 1.29 is 9.59 Å². The summed E-state index contributed by atoms with van der Waals surface area (Å²) in [7, 11) is 0. The van der Waals surface area contributed by atoms with Crippen LogP contribution in [0.3, 0.4) is 0 Å². The molecule has 3 amide bonds. The highest BCUT2D eigenvalue weighted by atomic mass is 16.2. The van der Waals surface area contributed by atoms with E-state index in [-0.39, 0.29) is 23.9 Å². The first-order valence-electron chi connectivity index (χ1n) is 9.60. The van der Waals surface area contributed by atoms with Gasteiger partial charge in [0, 0.05) is 37.9 Å². The van der Waals surface area contributed by atoms with Crippen LogP contribution < -0.4 is 4.90 Å². The fourth-order valence-electron chi connectivity index (χ4n) is 4.56. The van der Waals surface area contributed by atoms with E-state index in [1.165, 1.54) is 5.56 Å². The van der Waals surface area contributed by atoms with Gasteiger partial charge in [-0.1, -0.05) is 18.2 Å². The number of likely N-dealkylation sites (tertiary alicyclic amines) is 2. The van der Waals surface area contributed by atoms with Gasteiger partial charge in [-0.15, -0.1) is 0 Å². The van der Waals surface area contributed by atoms with E-state index >= 15 is 0 Å². The first-order chi connectivity index (χ1) is 12.1. The van der Waals surface area contributed by atoms with Crippen LogP contribution in [0.25, 0.3) is 0 Å². The molecule has 0 radical (unpaired) electrons. The molecular weight excluding hydrogens is 314 g/mol. The van der Waals surface area contributed by atoms with Crippen LogP contribution in [0, 0.1) is 5.92 Å². The molecule has 0 aliphatic carbocycles. The molecule has 3 aliphatic heterocycles. The number of benzene rings is 1. The molecule has 2 fully saturated rings.